The summed E-state index contributed by atoms with van der Waals surface area (Å²) >= 11 is 18.6. The van der Waals surface area contributed by atoms with Gasteiger partial charge in [-0.05, 0) is 60.0 Å². The molecule has 4 N–H and O–H groups in total. The molecule has 4 aromatic rings. The maximum atomic E-state index is 13.1. The number of hydrogen-bond acceptors (Lipinski definition) is 6. The van der Waals surface area contributed by atoms with Crippen LogP contribution in [0.1, 0.15) is 28.2 Å². The van der Waals surface area contributed by atoms with Crippen LogP contribution < -0.4 is 16.4 Å². The van der Waals surface area contributed by atoms with E-state index in [1.807, 2.05) is 6.92 Å². The summed E-state index contributed by atoms with van der Waals surface area (Å²) in [5, 5.41) is 16.6. The number of nitrogens with zero attached hydrogens (tertiary/aromatic N) is 3. The van der Waals surface area contributed by atoms with E-state index in [-0.39, 0.29) is 28.0 Å². The number of anilines is 5. The van der Waals surface area contributed by atoms with E-state index >= 15 is 0 Å². The third-order valence-electron chi connectivity index (χ3n) is 5.67. The van der Waals surface area contributed by atoms with Crippen LogP contribution in [-0.2, 0) is 6.18 Å². The number of aryl methyl sites for hydroxylation is 1. The molecule has 6 nitrogen and oxygen atoms in total. The molecule has 38 heavy (non-hydrogen) atoms. The molecule has 0 aliphatic rings. The number of halogens is 6. The Hall–Kier alpha value is -3.71. The summed E-state index contributed by atoms with van der Waals surface area (Å²) in [6.45, 7) is 1.82. The summed E-state index contributed by atoms with van der Waals surface area (Å²) in [5.74, 6) is -0.381. The molecule has 0 fully saturated rings. The van der Waals surface area contributed by atoms with Gasteiger partial charge in [0.05, 0.1) is 28.3 Å². The standard InChI is InChI=1S/C26H18Cl3F3N6/c1-13-8-17(18(11-33)14-2-5-16(27)6-3-14)20(29)10-21(13)37-24-23(34)25(36-12-35-24)38-22-9-15(26(30,31)32)4-7-19(22)28/h2-10,12,18H,34H2,1H3,(H2,35,36,37,38). The number of nitriles is 1. The van der Waals surface area contributed by atoms with E-state index in [1.54, 1.807) is 36.4 Å². The number of nitrogens with two attached hydrogens (primary N) is 1. The van der Waals surface area contributed by atoms with Crippen molar-refractivity contribution in [3.63, 3.8) is 0 Å². The number of rotatable bonds is 6. The predicted octanol–water partition coefficient (Wildman–Crippen LogP) is 8.49. The van der Waals surface area contributed by atoms with Gasteiger partial charge in [0.1, 0.15) is 12.0 Å². The predicted molar refractivity (Wildman–Crippen MR) is 145 cm³/mol. The Balaban J connectivity index is 1.63. The smallest absolute Gasteiger partial charge is 0.393 e. The molecule has 1 atom stereocenters. The molecule has 4 rings (SSSR count). The number of alkyl halides is 3. The molecular formula is C26H18Cl3F3N6. The molecular weight excluding hydrogens is 560 g/mol. The minimum atomic E-state index is -4.55. The van der Waals surface area contributed by atoms with E-state index < -0.39 is 17.7 Å². The third-order valence-corrected chi connectivity index (χ3v) is 6.58. The second kappa shape index (κ2) is 11.0. The van der Waals surface area contributed by atoms with Crippen molar-refractivity contribution in [1.82, 2.24) is 9.97 Å². The first-order valence-electron chi connectivity index (χ1n) is 10.9. The summed E-state index contributed by atoms with van der Waals surface area (Å²) < 4.78 is 39.4. The summed E-state index contributed by atoms with van der Waals surface area (Å²) in [6.07, 6.45) is -3.36. The van der Waals surface area contributed by atoms with Gasteiger partial charge in [-0.2, -0.15) is 18.4 Å². The zero-order valence-corrected chi connectivity index (χ0v) is 21.8. The highest BCUT2D eigenvalue weighted by molar-refractivity contribution is 6.33. The van der Waals surface area contributed by atoms with Crippen molar-refractivity contribution in [2.75, 3.05) is 16.4 Å². The molecule has 1 unspecified atom stereocenters. The zero-order valence-electron chi connectivity index (χ0n) is 19.5. The van der Waals surface area contributed by atoms with Crippen LogP contribution in [0.5, 0.6) is 0 Å². The quantitative estimate of drug-likeness (QED) is 0.212. The minimum absolute atomic E-state index is 0.0221. The van der Waals surface area contributed by atoms with Crippen LogP contribution in [0.4, 0.5) is 41.9 Å². The van der Waals surface area contributed by atoms with Crippen LogP contribution in [-0.4, -0.2) is 9.97 Å². The maximum Gasteiger partial charge on any atom is 0.416 e. The van der Waals surface area contributed by atoms with Crippen molar-refractivity contribution < 1.29 is 13.2 Å². The van der Waals surface area contributed by atoms with Gasteiger partial charge in [-0.3, -0.25) is 0 Å². The van der Waals surface area contributed by atoms with Crippen LogP contribution in [0.15, 0.2) is 60.9 Å². The lowest BCUT2D eigenvalue weighted by Crippen LogP contribution is -2.08. The molecule has 0 saturated carbocycles. The first-order valence-corrected chi connectivity index (χ1v) is 12.1. The number of hydrogen-bond donors (Lipinski definition) is 3. The van der Waals surface area contributed by atoms with Crippen LogP contribution in [0.3, 0.4) is 0 Å². The topological polar surface area (TPSA) is 99.6 Å². The first-order chi connectivity index (χ1) is 18.0. The highest BCUT2D eigenvalue weighted by atomic mass is 35.5. The molecule has 194 valence electrons. The fourth-order valence-electron chi connectivity index (χ4n) is 3.69. The van der Waals surface area contributed by atoms with Crippen molar-refractivity contribution in [2.24, 2.45) is 0 Å². The van der Waals surface area contributed by atoms with Crippen molar-refractivity contribution in [2.45, 2.75) is 19.0 Å². The van der Waals surface area contributed by atoms with Gasteiger partial charge in [0.25, 0.3) is 0 Å². The molecule has 0 saturated heterocycles. The average Bonchev–Trinajstić information content (AvgIpc) is 2.86. The largest absolute Gasteiger partial charge is 0.416 e. The molecule has 0 aliphatic carbocycles. The summed E-state index contributed by atoms with van der Waals surface area (Å²) in [6, 6.07) is 15.5. The minimum Gasteiger partial charge on any atom is -0.393 e. The molecule has 0 bridgehead atoms. The van der Waals surface area contributed by atoms with Crippen molar-refractivity contribution in [1.29, 1.82) is 5.26 Å². The summed E-state index contributed by atoms with van der Waals surface area (Å²) in [7, 11) is 0. The fraction of sp³-hybridized carbons (Fsp3) is 0.115. The van der Waals surface area contributed by atoms with Crippen molar-refractivity contribution in [3.05, 3.63) is 98.2 Å². The highest BCUT2D eigenvalue weighted by Gasteiger charge is 2.31. The van der Waals surface area contributed by atoms with Crippen LogP contribution in [0, 0.1) is 18.3 Å². The van der Waals surface area contributed by atoms with E-state index in [9.17, 15) is 18.4 Å². The lowest BCUT2D eigenvalue weighted by molar-refractivity contribution is -0.137. The number of nitrogen functional groups attached to an aromatic ring is 1. The van der Waals surface area contributed by atoms with Gasteiger partial charge >= 0.3 is 6.18 Å². The van der Waals surface area contributed by atoms with E-state index in [2.05, 4.69) is 26.7 Å². The number of nitrogens with one attached hydrogen (secondary N) is 2. The SMILES string of the molecule is Cc1cc(C(C#N)c2ccc(Cl)cc2)c(Cl)cc1Nc1ncnc(Nc2cc(C(F)(F)F)ccc2Cl)c1N. The van der Waals surface area contributed by atoms with Gasteiger partial charge in [0.15, 0.2) is 11.6 Å². The third kappa shape index (κ3) is 5.89. The first kappa shape index (κ1) is 27.3. The second-order valence-electron chi connectivity index (χ2n) is 8.23. The van der Waals surface area contributed by atoms with E-state index in [1.165, 1.54) is 6.33 Å². The summed E-state index contributed by atoms with van der Waals surface area (Å²) in [5.41, 5.74) is 8.01. The van der Waals surface area contributed by atoms with Crippen molar-refractivity contribution in [3.8, 4) is 6.07 Å². The van der Waals surface area contributed by atoms with Gasteiger partial charge < -0.3 is 16.4 Å². The number of aromatic nitrogens is 2. The number of benzene rings is 3. The molecule has 0 aliphatic heterocycles. The van der Waals surface area contributed by atoms with Crippen LogP contribution in [0.25, 0.3) is 0 Å². The molecule has 3 aromatic carbocycles. The Labute approximate surface area is 231 Å². The lowest BCUT2D eigenvalue weighted by atomic mass is 9.91. The molecule has 0 radical (unpaired) electrons. The lowest BCUT2D eigenvalue weighted by Gasteiger charge is -2.18. The Kier molecular flexibility index (Phi) is 7.88. The van der Waals surface area contributed by atoms with E-state index in [0.717, 1.165) is 29.3 Å². The molecule has 1 aromatic heterocycles. The van der Waals surface area contributed by atoms with Gasteiger partial charge in [-0.25, -0.2) is 9.97 Å². The van der Waals surface area contributed by atoms with Crippen LogP contribution >= 0.6 is 34.8 Å². The molecule has 0 spiro atoms. The van der Waals surface area contributed by atoms with Gasteiger partial charge in [0, 0.05) is 15.7 Å². The Morgan fingerprint density at radius 1 is 0.895 bits per heavy atom. The highest BCUT2D eigenvalue weighted by Crippen LogP contribution is 2.38. The Morgan fingerprint density at radius 2 is 1.53 bits per heavy atom. The normalized spacial score (nSPS) is 12.1. The Bertz CT molecular complexity index is 1540. The summed E-state index contributed by atoms with van der Waals surface area (Å²) in [4.78, 5) is 8.19. The van der Waals surface area contributed by atoms with Crippen molar-refractivity contribution >= 4 is 63.5 Å². The van der Waals surface area contributed by atoms with E-state index in [4.69, 9.17) is 40.5 Å². The van der Waals surface area contributed by atoms with Crippen LogP contribution in [0.2, 0.25) is 15.1 Å². The Morgan fingerprint density at radius 3 is 2.13 bits per heavy atom. The van der Waals surface area contributed by atoms with Gasteiger partial charge in [0.2, 0.25) is 0 Å². The monoisotopic (exact) mass is 576 g/mol. The fourth-order valence-corrected chi connectivity index (χ4v) is 4.25. The van der Waals surface area contributed by atoms with Gasteiger partial charge in [-0.1, -0.05) is 53.0 Å². The average molecular weight is 578 g/mol. The molecule has 0 amide bonds. The maximum absolute atomic E-state index is 13.1. The van der Waals surface area contributed by atoms with E-state index in [0.29, 0.717) is 21.3 Å². The molecule has 1 heterocycles. The van der Waals surface area contributed by atoms with Gasteiger partial charge in [-0.15, -0.1) is 0 Å². The zero-order chi connectivity index (χ0) is 27.6. The second-order valence-corrected chi connectivity index (χ2v) is 9.48. The molecule has 12 heteroatoms.